The number of hydrogen-bond donors (Lipinski definition) is 1. The van der Waals surface area contributed by atoms with Crippen LogP contribution in [0.15, 0.2) is 28.8 Å². The second-order valence-electron chi connectivity index (χ2n) is 12.7. The summed E-state index contributed by atoms with van der Waals surface area (Å²) in [6.07, 6.45) is 3.13. The van der Waals surface area contributed by atoms with Crippen molar-refractivity contribution in [3.8, 4) is 11.4 Å². The van der Waals surface area contributed by atoms with E-state index in [1.807, 2.05) is 11.9 Å². The van der Waals surface area contributed by atoms with Gasteiger partial charge in [0.2, 0.25) is 29.4 Å². The number of benzene rings is 1. The van der Waals surface area contributed by atoms with Gasteiger partial charge in [0, 0.05) is 63.9 Å². The summed E-state index contributed by atoms with van der Waals surface area (Å²) < 4.78 is 21.2. The van der Waals surface area contributed by atoms with E-state index in [2.05, 4.69) is 34.4 Å². The Hall–Kier alpha value is -4.62. The average Bonchev–Trinajstić information content (AvgIpc) is 3.64. The van der Waals surface area contributed by atoms with Crippen molar-refractivity contribution in [2.24, 2.45) is 13.0 Å². The Kier molecular flexibility index (Phi) is 10.7. The Balaban J connectivity index is 1.36. The highest BCUT2D eigenvalue weighted by molar-refractivity contribution is 5.96. The fraction of sp³-hybridized carbons (Fsp3) is 0.545. The van der Waals surface area contributed by atoms with Crippen molar-refractivity contribution in [3.63, 3.8) is 0 Å². The number of carbonyl (C=O) groups excluding carboxylic acids is 4. The molecule has 1 aromatic carbocycles. The van der Waals surface area contributed by atoms with Crippen LogP contribution in [0, 0.1) is 11.7 Å². The molecule has 0 spiro atoms. The lowest BCUT2D eigenvalue weighted by Gasteiger charge is -2.36. The van der Waals surface area contributed by atoms with Gasteiger partial charge >= 0.3 is 0 Å². The van der Waals surface area contributed by atoms with Crippen molar-refractivity contribution in [2.45, 2.75) is 64.8 Å². The molecule has 4 amide bonds. The highest BCUT2D eigenvalue weighted by atomic mass is 19.1. The van der Waals surface area contributed by atoms with Crippen molar-refractivity contribution >= 4 is 23.6 Å². The molecular weight excluding hydrogens is 607 g/mol. The van der Waals surface area contributed by atoms with Crippen molar-refractivity contribution in [3.05, 3.63) is 52.9 Å². The van der Waals surface area contributed by atoms with Crippen LogP contribution in [0.5, 0.6) is 0 Å². The number of aromatic nitrogens is 4. The van der Waals surface area contributed by atoms with Gasteiger partial charge in [0.25, 0.3) is 5.91 Å². The monoisotopic (exact) mass is 650 g/mol. The lowest BCUT2D eigenvalue weighted by atomic mass is 9.89. The molecule has 47 heavy (non-hydrogen) atoms. The SMILES string of the molecule is CC(C)CCN1C(=O)CN(C(=O)CCc2nc(-c3ccccc3F)no2)CCCNC(=O)CN(C)C(=O)c2nn(C)c3c2CC1CC3. The number of nitrogens with one attached hydrogen (secondary N) is 1. The van der Waals surface area contributed by atoms with E-state index in [9.17, 15) is 23.6 Å². The van der Waals surface area contributed by atoms with Gasteiger partial charge in [-0.25, -0.2) is 4.39 Å². The van der Waals surface area contributed by atoms with E-state index in [4.69, 9.17) is 4.52 Å². The summed E-state index contributed by atoms with van der Waals surface area (Å²) in [4.78, 5) is 62.8. The second-order valence-corrected chi connectivity index (χ2v) is 12.7. The maximum Gasteiger partial charge on any atom is 0.274 e. The molecule has 1 aliphatic heterocycles. The summed E-state index contributed by atoms with van der Waals surface area (Å²) in [6, 6.07) is 5.93. The first-order valence-electron chi connectivity index (χ1n) is 16.2. The van der Waals surface area contributed by atoms with E-state index in [1.165, 1.54) is 15.9 Å². The van der Waals surface area contributed by atoms with E-state index >= 15 is 0 Å². The van der Waals surface area contributed by atoms with E-state index in [0.717, 1.165) is 17.7 Å². The first-order valence-corrected chi connectivity index (χ1v) is 16.2. The summed E-state index contributed by atoms with van der Waals surface area (Å²) in [6.45, 7) is 4.98. The van der Waals surface area contributed by atoms with Crippen LogP contribution in [0.25, 0.3) is 11.4 Å². The minimum absolute atomic E-state index is 0.00325. The molecule has 3 aromatic rings. The zero-order valence-electron chi connectivity index (χ0n) is 27.5. The van der Waals surface area contributed by atoms with Crippen molar-refractivity contribution in [1.82, 2.24) is 39.9 Å². The molecule has 0 saturated heterocycles. The predicted octanol–water partition coefficient (Wildman–Crippen LogP) is 2.39. The van der Waals surface area contributed by atoms with E-state index in [0.29, 0.717) is 43.8 Å². The first-order chi connectivity index (χ1) is 22.5. The number of likely N-dealkylation sites (N-methyl/N-ethyl adjacent to an activating group) is 1. The molecule has 5 rings (SSSR count). The van der Waals surface area contributed by atoms with E-state index in [1.54, 1.807) is 29.9 Å². The standard InChI is InChI=1S/C33H43FN8O5/c1-21(2)14-17-42-22-10-11-26-24(18-22)31(37-40(26)4)33(46)39(3)19-27(43)35-15-7-16-41(20-30(42)45)29(44)13-12-28-36-32(38-47-28)23-8-5-6-9-25(23)34/h5-6,8-9,21-22H,7,10-20H2,1-4H3,(H,35,43). The summed E-state index contributed by atoms with van der Waals surface area (Å²) in [5.41, 5.74) is 2.27. The highest BCUT2D eigenvalue weighted by Gasteiger charge is 2.35. The topological polar surface area (TPSA) is 147 Å². The Morgan fingerprint density at radius 2 is 1.94 bits per heavy atom. The predicted molar refractivity (Wildman–Crippen MR) is 169 cm³/mol. The number of fused-ring (bicyclic) bond motifs is 1. The maximum absolute atomic E-state index is 14.2. The normalized spacial score (nSPS) is 18.2. The highest BCUT2D eigenvalue weighted by Crippen LogP contribution is 2.29. The van der Waals surface area contributed by atoms with Crippen LogP contribution < -0.4 is 5.32 Å². The second kappa shape index (κ2) is 14.9. The van der Waals surface area contributed by atoms with Crippen LogP contribution in [0.2, 0.25) is 0 Å². The molecule has 2 bridgehead atoms. The number of nitrogens with zero attached hydrogens (tertiary/aromatic N) is 7. The number of amides is 4. The molecule has 2 aliphatic rings. The molecule has 1 aliphatic carbocycles. The summed E-state index contributed by atoms with van der Waals surface area (Å²) >= 11 is 0. The van der Waals surface area contributed by atoms with Crippen molar-refractivity contribution < 1.29 is 28.1 Å². The van der Waals surface area contributed by atoms with Crippen LogP contribution in [-0.4, -0.2) is 104 Å². The molecule has 3 heterocycles. The van der Waals surface area contributed by atoms with E-state index in [-0.39, 0.29) is 86.0 Å². The van der Waals surface area contributed by atoms with Gasteiger partial charge in [0.1, 0.15) is 5.82 Å². The molecule has 0 fully saturated rings. The summed E-state index contributed by atoms with van der Waals surface area (Å²) in [5.74, 6) is -0.933. The number of hydrogen-bond acceptors (Lipinski definition) is 8. The quantitative estimate of drug-likeness (QED) is 0.410. The van der Waals surface area contributed by atoms with E-state index < -0.39 is 5.82 Å². The minimum Gasteiger partial charge on any atom is -0.354 e. The van der Waals surface area contributed by atoms with Gasteiger partial charge in [-0.2, -0.15) is 10.1 Å². The number of rotatable bonds is 7. The number of carbonyl (C=O) groups is 4. The third kappa shape index (κ3) is 8.03. The largest absolute Gasteiger partial charge is 0.354 e. The lowest BCUT2D eigenvalue weighted by Crippen LogP contribution is -2.50. The van der Waals surface area contributed by atoms with Crippen LogP contribution in [0.1, 0.15) is 67.2 Å². The lowest BCUT2D eigenvalue weighted by molar-refractivity contribution is -0.142. The van der Waals surface area contributed by atoms with Crippen LogP contribution in [-0.2, 0) is 40.7 Å². The summed E-state index contributed by atoms with van der Waals surface area (Å²) in [7, 11) is 3.39. The average molecular weight is 651 g/mol. The zero-order valence-corrected chi connectivity index (χ0v) is 27.5. The molecule has 1 atom stereocenters. The summed E-state index contributed by atoms with van der Waals surface area (Å²) in [5, 5.41) is 11.2. The fourth-order valence-electron chi connectivity index (χ4n) is 6.16. The molecule has 1 unspecified atom stereocenters. The molecule has 0 saturated carbocycles. The molecule has 252 valence electrons. The van der Waals surface area contributed by atoms with Gasteiger partial charge in [-0.05, 0) is 50.2 Å². The molecule has 1 N–H and O–H groups in total. The van der Waals surface area contributed by atoms with Gasteiger partial charge < -0.3 is 24.5 Å². The van der Waals surface area contributed by atoms with Gasteiger partial charge in [-0.1, -0.05) is 31.1 Å². The Bertz CT molecular complexity index is 1620. The third-order valence-corrected chi connectivity index (χ3v) is 8.81. The van der Waals surface area contributed by atoms with Crippen LogP contribution in [0.4, 0.5) is 4.39 Å². The Morgan fingerprint density at radius 1 is 1.15 bits per heavy atom. The number of aryl methyl sites for hydroxylation is 2. The molecular formula is C33H43FN8O5. The number of halogens is 1. The van der Waals surface area contributed by atoms with Gasteiger partial charge in [-0.3, -0.25) is 23.9 Å². The Labute approximate surface area is 273 Å². The van der Waals surface area contributed by atoms with Gasteiger partial charge in [0.05, 0.1) is 18.7 Å². The van der Waals surface area contributed by atoms with Crippen molar-refractivity contribution in [1.29, 1.82) is 0 Å². The minimum atomic E-state index is -0.479. The van der Waals surface area contributed by atoms with Crippen LogP contribution >= 0.6 is 0 Å². The maximum atomic E-state index is 14.2. The fourth-order valence-corrected chi connectivity index (χ4v) is 6.16. The zero-order chi connectivity index (χ0) is 33.7. The molecule has 2 aromatic heterocycles. The first kappa shape index (κ1) is 33.7. The smallest absolute Gasteiger partial charge is 0.274 e. The third-order valence-electron chi connectivity index (χ3n) is 8.81. The van der Waals surface area contributed by atoms with Crippen LogP contribution in [0.3, 0.4) is 0 Å². The molecule has 14 heteroatoms. The van der Waals surface area contributed by atoms with Gasteiger partial charge in [-0.15, -0.1) is 0 Å². The Morgan fingerprint density at radius 3 is 2.70 bits per heavy atom. The molecule has 0 radical (unpaired) electrons. The van der Waals surface area contributed by atoms with Crippen molar-refractivity contribution in [2.75, 3.05) is 39.8 Å². The van der Waals surface area contributed by atoms with Gasteiger partial charge in [0.15, 0.2) is 5.69 Å². The molecule has 13 nitrogen and oxygen atoms in total.